The van der Waals surface area contributed by atoms with Gasteiger partial charge in [-0.05, 0) is 61.6 Å². The van der Waals surface area contributed by atoms with Gasteiger partial charge in [0, 0.05) is 17.6 Å². The predicted octanol–water partition coefficient (Wildman–Crippen LogP) is 5.17. The quantitative estimate of drug-likeness (QED) is 0.549. The molecule has 31 heavy (non-hydrogen) atoms. The van der Waals surface area contributed by atoms with Crippen LogP contribution in [0.4, 0.5) is 0 Å². The fourth-order valence-electron chi connectivity index (χ4n) is 3.01. The minimum absolute atomic E-state index is 0.0400. The maximum absolute atomic E-state index is 13.1. The molecule has 5 nitrogen and oxygen atoms in total. The highest BCUT2D eigenvalue weighted by molar-refractivity contribution is 6.30. The van der Waals surface area contributed by atoms with Crippen molar-refractivity contribution < 1.29 is 14.3 Å². The van der Waals surface area contributed by atoms with Gasteiger partial charge in [0.15, 0.2) is 6.61 Å². The fraction of sp³-hybridized carbons (Fsp3) is 0.440. The third kappa shape index (κ3) is 7.59. The molecule has 2 aromatic rings. The molecular formula is C25H33ClN2O3. The molecule has 0 bridgehead atoms. The fourth-order valence-corrected chi connectivity index (χ4v) is 3.14. The first-order valence-electron chi connectivity index (χ1n) is 10.8. The van der Waals surface area contributed by atoms with Crippen molar-refractivity contribution >= 4 is 23.4 Å². The van der Waals surface area contributed by atoms with E-state index in [-0.39, 0.29) is 24.5 Å². The van der Waals surface area contributed by atoms with Crippen LogP contribution < -0.4 is 10.1 Å². The van der Waals surface area contributed by atoms with Gasteiger partial charge in [0.2, 0.25) is 5.91 Å². The van der Waals surface area contributed by atoms with E-state index in [1.165, 1.54) is 5.56 Å². The van der Waals surface area contributed by atoms with Crippen LogP contribution in [-0.2, 0) is 16.1 Å². The van der Waals surface area contributed by atoms with E-state index in [9.17, 15) is 9.59 Å². The van der Waals surface area contributed by atoms with Gasteiger partial charge in [0.25, 0.3) is 5.91 Å². The molecule has 0 fully saturated rings. The van der Waals surface area contributed by atoms with Crippen molar-refractivity contribution in [2.45, 2.75) is 65.6 Å². The maximum atomic E-state index is 13.1. The lowest BCUT2D eigenvalue weighted by Crippen LogP contribution is -2.50. The molecule has 2 rings (SSSR count). The molecule has 6 heteroatoms. The Balaban J connectivity index is 2.12. The zero-order valence-corrected chi connectivity index (χ0v) is 19.8. The molecule has 0 aromatic heterocycles. The normalized spacial score (nSPS) is 12.9. The number of nitrogens with zero attached hydrogens (tertiary/aromatic N) is 1. The van der Waals surface area contributed by atoms with E-state index in [1.54, 1.807) is 24.0 Å². The molecular weight excluding hydrogens is 412 g/mol. The third-order valence-electron chi connectivity index (χ3n) is 5.34. The Morgan fingerprint density at radius 3 is 2.16 bits per heavy atom. The standard InChI is InChI=1S/C25H33ClN2O3/c1-6-18(4)27-25(30)19(5)28(15-20-7-11-22(26)12-8-20)24(29)16-31-23-13-9-21(10-14-23)17(2)3/h7-14,17-19H,6,15-16H2,1-5H3,(H,27,30)/t18-,19+/m0/s1. The van der Waals surface area contributed by atoms with E-state index in [0.29, 0.717) is 23.2 Å². The van der Waals surface area contributed by atoms with Crippen molar-refractivity contribution in [1.82, 2.24) is 10.2 Å². The highest BCUT2D eigenvalue weighted by Crippen LogP contribution is 2.19. The van der Waals surface area contributed by atoms with Gasteiger partial charge in [-0.2, -0.15) is 0 Å². The maximum Gasteiger partial charge on any atom is 0.261 e. The SMILES string of the molecule is CC[C@H](C)NC(=O)[C@@H](C)N(Cc1ccc(Cl)cc1)C(=O)COc1ccc(C(C)C)cc1. The Morgan fingerprint density at radius 2 is 1.61 bits per heavy atom. The first-order valence-corrected chi connectivity index (χ1v) is 11.2. The lowest BCUT2D eigenvalue weighted by molar-refractivity contribution is -0.142. The van der Waals surface area contributed by atoms with Crippen molar-refractivity contribution in [3.63, 3.8) is 0 Å². The summed E-state index contributed by atoms with van der Waals surface area (Å²) in [6.45, 7) is 10.1. The molecule has 168 valence electrons. The van der Waals surface area contributed by atoms with Crippen LogP contribution in [0.15, 0.2) is 48.5 Å². The highest BCUT2D eigenvalue weighted by Gasteiger charge is 2.27. The van der Waals surface area contributed by atoms with E-state index in [2.05, 4.69) is 19.2 Å². The number of ether oxygens (including phenoxy) is 1. The summed E-state index contributed by atoms with van der Waals surface area (Å²) in [4.78, 5) is 27.3. The zero-order valence-electron chi connectivity index (χ0n) is 19.0. The summed E-state index contributed by atoms with van der Waals surface area (Å²) in [6, 6.07) is 14.4. The number of carbonyl (C=O) groups excluding carboxylic acids is 2. The van der Waals surface area contributed by atoms with Gasteiger partial charge in [-0.1, -0.05) is 56.6 Å². The van der Waals surface area contributed by atoms with E-state index in [1.807, 2.05) is 50.2 Å². The summed E-state index contributed by atoms with van der Waals surface area (Å²) >= 11 is 5.98. The predicted molar refractivity (Wildman–Crippen MR) is 125 cm³/mol. The molecule has 0 aliphatic heterocycles. The Labute approximate surface area is 190 Å². The van der Waals surface area contributed by atoms with Crippen LogP contribution in [0.3, 0.4) is 0 Å². The third-order valence-corrected chi connectivity index (χ3v) is 5.60. The second kappa shape index (κ2) is 11.8. The molecule has 0 radical (unpaired) electrons. The number of benzene rings is 2. The largest absolute Gasteiger partial charge is 0.484 e. The minimum atomic E-state index is -0.635. The number of nitrogens with one attached hydrogen (secondary N) is 1. The monoisotopic (exact) mass is 444 g/mol. The molecule has 0 unspecified atom stereocenters. The topological polar surface area (TPSA) is 58.6 Å². The summed E-state index contributed by atoms with van der Waals surface area (Å²) < 4.78 is 5.73. The smallest absolute Gasteiger partial charge is 0.261 e. The van der Waals surface area contributed by atoms with Gasteiger partial charge in [-0.3, -0.25) is 9.59 Å². The van der Waals surface area contributed by atoms with Gasteiger partial charge in [0.05, 0.1) is 0 Å². The average Bonchev–Trinajstić information content (AvgIpc) is 2.76. The molecule has 0 heterocycles. The van der Waals surface area contributed by atoms with Gasteiger partial charge in [0.1, 0.15) is 11.8 Å². The van der Waals surface area contributed by atoms with Crippen LogP contribution >= 0.6 is 11.6 Å². The van der Waals surface area contributed by atoms with E-state index in [4.69, 9.17) is 16.3 Å². The highest BCUT2D eigenvalue weighted by atomic mass is 35.5. The van der Waals surface area contributed by atoms with Crippen molar-refractivity contribution in [2.24, 2.45) is 0 Å². The van der Waals surface area contributed by atoms with E-state index < -0.39 is 6.04 Å². The van der Waals surface area contributed by atoms with Gasteiger partial charge in [-0.15, -0.1) is 0 Å². The van der Waals surface area contributed by atoms with Crippen LogP contribution in [0.2, 0.25) is 5.02 Å². The van der Waals surface area contributed by atoms with Crippen molar-refractivity contribution in [3.05, 3.63) is 64.7 Å². The Bertz CT molecular complexity index is 850. The molecule has 1 N–H and O–H groups in total. The Hall–Kier alpha value is -2.53. The molecule has 0 saturated carbocycles. The number of hydrogen-bond acceptors (Lipinski definition) is 3. The van der Waals surface area contributed by atoms with Gasteiger partial charge < -0.3 is 15.0 Å². The Kier molecular flexibility index (Phi) is 9.38. The molecule has 2 atom stereocenters. The van der Waals surface area contributed by atoms with Crippen molar-refractivity contribution in [2.75, 3.05) is 6.61 Å². The molecule has 0 spiro atoms. The minimum Gasteiger partial charge on any atom is -0.484 e. The summed E-state index contributed by atoms with van der Waals surface area (Å²) in [5.74, 6) is 0.615. The number of amides is 2. The first-order chi connectivity index (χ1) is 14.7. The summed E-state index contributed by atoms with van der Waals surface area (Å²) in [5, 5.41) is 3.58. The Morgan fingerprint density at radius 1 is 1.00 bits per heavy atom. The second-order valence-electron chi connectivity index (χ2n) is 8.15. The first kappa shape index (κ1) is 24.7. The lowest BCUT2D eigenvalue weighted by Gasteiger charge is -2.29. The van der Waals surface area contributed by atoms with Gasteiger partial charge in [-0.25, -0.2) is 0 Å². The second-order valence-corrected chi connectivity index (χ2v) is 8.59. The van der Waals surface area contributed by atoms with E-state index >= 15 is 0 Å². The molecule has 2 amide bonds. The lowest BCUT2D eigenvalue weighted by atomic mass is 10.0. The van der Waals surface area contributed by atoms with E-state index in [0.717, 1.165) is 12.0 Å². The number of hydrogen-bond donors (Lipinski definition) is 1. The number of halogens is 1. The number of rotatable bonds is 10. The molecule has 0 aliphatic rings. The molecule has 0 saturated heterocycles. The van der Waals surface area contributed by atoms with Crippen LogP contribution in [0.25, 0.3) is 0 Å². The number of carbonyl (C=O) groups is 2. The summed E-state index contributed by atoms with van der Waals surface area (Å²) in [7, 11) is 0. The molecule has 0 aliphatic carbocycles. The van der Waals surface area contributed by atoms with Crippen LogP contribution in [-0.4, -0.2) is 35.4 Å². The van der Waals surface area contributed by atoms with Crippen LogP contribution in [0.5, 0.6) is 5.75 Å². The average molecular weight is 445 g/mol. The van der Waals surface area contributed by atoms with Crippen molar-refractivity contribution in [3.8, 4) is 5.75 Å². The summed E-state index contributed by atoms with van der Waals surface area (Å²) in [6.07, 6.45) is 0.819. The molecule has 2 aromatic carbocycles. The zero-order chi connectivity index (χ0) is 23.0. The summed E-state index contributed by atoms with van der Waals surface area (Å²) in [5.41, 5.74) is 2.10. The van der Waals surface area contributed by atoms with Crippen LogP contribution in [0.1, 0.15) is 58.1 Å². The van der Waals surface area contributed by atoms with Gasteiger partial charge >= 0.3 is 0 Å². The van der Waals surface area contributed by atoms with Crippen LogP contribution in [0, 0.1) is 0 Å². The van der Waals surface area contributed by atoms with Crippen molar-refractivity contribution in [1.29, 1.82) is 0 Å².